The number of ether oxygens (including phenoxy) is 1. The minimum atomic E-state index is 0.506. The van der Waals surface area contributed by atoms with Gasteiger partial charge >= 0.3 is 0 Å². The summed E-state index contributed by atoms with van der Waals surface area (Å²) in [5.41, 5.74) is 3.15. The Labute approximate surface area is 103 Å². The first-order chi connectivity index (χ1) is 7.79. The van der Waals surface area contributed by atoms with E-state index in [0.29, 0.717) is 4.80 Å². The molecule has 0 N–H and O–H groups in total. The van der Waals surface area contributed by atoms with Crippen molar-refractivity contribution in [2.45, 2.75) is 6.42 Å². The van der Waals surface area contributed by atoms with Crippen LogP contribution in [0.25, 0.3) is 11.3 Å². The summed E-state index contributed by atoms with van der Waals surface area (Å²) >= 11 is 3.18. The molecule has 2 aromatic rings. The Morgan fingerprint density at radius 3 is 2.62 bits per heavy atom. The zero-order valence-corrected chi connectivity index (χ0v) is 10.5. The van der Waals surface area contributed by atoms with Gasteiger partial charge in [0.1, 0.15) is 12.0 Å². The van der Waals surface area contributed by atoms with E-state index in [4.69, 9.17) is 9.15 Å². The minimum Gasteiger partial charge on any atom is -0.439 e. The van der Waals surface area contributed by atoms with Gasteiger partial charge in [-0.25, -0.2) is 4.98 Å². The van der Waals surface area contributed by atoms with Crippen LogP contribution in [0.5, 0.6) is 0 Å². The van der Waals surface area contributed by atoms with Gasteiger partial charge in [0, 0.05) is 28.6 Å². The lowest BCUT2D eigenvalue weighted by molar-refractivity contribution is 0.202. The number of hydrogen-bond acceptors (Lipinski definition) is 3. The third-order valence-electron chi connectivity index (χ3n) is 2.32. The van der Waals surface area contributed by atoms with Gasteiger partial charge in [-0.3, -0.25) is 0 Å². The molecular weight excluding hydrogens is 270 g/mol. The third-order valence-corrected chi connectivity index (χ3v) is 2.68. The number of halogens is 1. The van der Waals surface area contributed by atoms with Gasteiger partial charge in [0.25, 0.3) is 4.80 Å². The van der Waals surface area contributed by atoms with E-state index in [9.17, 15) is 0 Å². The predicted octanol–water partition coefficient (Wildman–Crippen LogP) is 3.29. The van der Waals surface area contributed by atoms with Crippen LogP contribution in [0.3, 0.4) is 0 Å². The standard InChI is InChI=1S/C12H12BrNO2/c1-15-7-6-9-2-4-10(5-3-9)11-8-16-12(13)14-11/h2-5,8H,6-7H2,1H3. The van der Waals surface area contributed by atoms with E-state index in [2.05, 4.69) is 33.0 Å². The Morgan fingerprint density at radius 1 is 1.31 bits per heavy atom. The van der Waals surface area contributed by atoms with Crippen molar-refractivity contribution in [2.24, 2.45) is 0 Å². The Bertz CT molecular complexity index is 450. The highest BCUT2D eigenvalue weighted by Gasteiger charge is 2.03. The van der Waals surface area contributed by atoms with Crippen molar-refractivity contribution in [2.75, 3.05) is 13.7 Å². The van der Waals surface area contributed by atoms with Crippen LogP contribution in [0.1, 0.15) is 5.56 Å². The Morgan fingerprint density at radius 2 is 2.06 bits per heavy atom. The summed E-state index contributed by atoms with van der Waals surface area (Å²) in [7, 11) is 1.71. The number of benzene rings is 1. The van der Waals surface area contributed by atoms with E-state index in [1.54, 1.807) is 13.4 Å². The van der Waals surface area contributed by atoms with E-state index in [0.717, 1.165) is 24.3 Å². The first kappa shape index (κ1) is 11.4. The Hall–Kier alpha value is -1.13. The molecule has 0 amide bonds. The highest BCUT2D eigenvalue weighted by atomic mass is 79.9. The molecule has 0 aliphatic rings. The highest BCUT2D eigenvalue weighted by molar-refractivity contribution is 9.10. The SMILES string of the molecule is COCCc1ccc(-c2coc(Br)n2)cc1. The maximum Gasteiger partial charge on any atom is 0.264 e. The van der Waals surface area contributed by atoms with Gasteiger partial charge in [0.2, 0.25) is 0 Å². The van der Waals surface area contributed by atoms with E-state index < -0.39 is 0 Å². The second-order valence-electron chi connectivity index (χ2n) is 3.43. The molecule has 0 aliphatic carbocycles. The van der Waals surface area contributed by atoms with Crippen LogP contribution in [0.15, 0.2) is 39.7 Å². The fourth-order valence-electron chi connectivity index (χ4n) is 1.45. The molecule has 0 spiro atoms. The highest BCUT2D eigenvalue weighted by Crippen LogP contribution is 2.21. The van der Waals surface area contributed by atoms with E-state index >= 15 is 0 Å². The normalized spacial score (nSPS) is 10.6. The molecule has 0 saturated heterocycles. The summed E-state index contributed by atoms with van der Waals surface area (Å²) in [6.45, 7) is 0.745. The van der Waals surface area contributed by atoms with Crippen molar-refractivity contribution in [3.63, 3.8) is 0 Å². The molecule has 0 unspecified atom stereocenters. The van der Waals surface area contributed by atoms with Crippen molar-refractivity contribution in [3.8, 4) is 11.3 Å². The molecule has 2 rings (SSSR count). The number of hydrogen-bond donors (Lipinski definition) is 0. The summed E-state index contributed by atoms with van der Waals surface area (Å²) < 4.78 is 10.1. The third kappa shape index (κ3) is 2.71. The molecule has 0 fully saturated rings. The fraction of sp³-hybridized carbons (Fsp3) is 0.250. The Balaban J connectivity index is 2.13. The molecule has 0 aliphatic heterocycles. The molecule has 84 valence electrons. The average molecular weight is 282 g/mol. The molecule has 1 aromatic carbocycles. The van der Waals surface area contributed by atoms with Crippen molar-refractivity contribution in [1.29, 1.82) is 0 Å². The van der Waals surface area contributed by atoms with Crippen LogP contribution in [-0.2, 0) is 11.2 Å². The minimum absolute atomic E-state index is 0.506. The second kappa shape index (κ2) is 5.27. The van der Waals surface area contributed by atoms with Crippen LogP contribution in [0.2, 0.25) is 0 Å². The molecule has 3 nitrogen and oxygen atoms in total. The topological polar surface area (TPSA) is 35.3 Å². The van der Waals surface area contributed by atoms with E-state index in [1.165, 1.54) is 5.56 Å². The summed E-state index contributed by atoms with van der Waals surface area (Å²) in [5.74, 6) is 0. The summed E-state index contributed by atoms with van der Waals surface area (Å²) in [6, 6.07) is 8.23. The Kier molecular flexibility index (Phi) is 3.74. The molecule has 0 radical (unpaired) electrons. The predicted molar refractivity (Wildman–Crippen MR) is 65.2 cm³/mol. The fourth-order valence-corrected chi connectivity index (χ4v) is 1.73. The lowest BCUT2D eigenvalue weighted by Crippen LogP contribution is -1.93. The number of methoxy groups -OCH3 is 1. The van der Waals surface area contributed by atoms with Gasteiger partial charge < -0.3 is 9.15 Å². The van der Waals surface area contributed by atoms with Crippen molar-refractivity contribution in [3.05, 3.63) is 40.9 Å². The summed E-state index contributed by atoms with van der Waals surface area (Å²) in [4.78, 5) is 4.70. The van der Waals surface area contributed by atoms with Gasteiger partial charge in [0.15, 0.2) is 0 Å². The van der Waals surface area contributed by atoms with Gasteiger partial charge in [-0.2, -0.15) is 0 Å². The quantitative estimate of drug-likeness (QED) is 0.863. The van der Waals surface area contributed by atoms with Crippen molar-refractivity contribution < 1.29 is 9.15 Å². The molecule has 0 bridgehead atoms. The monoisotopic (exact) mass is 281 g/mol. The lowest BCUT2D eigenvalue weighted by atomic mass is 10.1. The van der Waals surface area contributed by atoms with Crippen LogP contribution in [-0.4, -0.2) is 18.7 Å². The first-order valence-electron chi connectivity index (χ1n) is 4.99. The molecular formula is C12H12BrNO2. The second-order valence-corrected chi connectivity index (χ2v) is 4.10. The van der Waals surface area contributed by atoms with Crippen molar-refractivity contribution >= 4 is 15.9 Å². The van der Waals surface area contributed by atoms with Crippen molar-refractivity contribution in [1.82, 2.24) is 4.98 Å². The molecule has 1 heterocycles. The number of aromatic nitrogens is 1. The van der Waals surface area contributed by atoms with Gasteiger partial charge in [-0.1, -0.05) is 24.3 Å². The average Bonchev–Trinajstić information content (AvgIpc) is 2.74. The zero-order valence-electron chi connectivity index (χ0n) is 8.94. The number of nitrogens with zero attached hydrogens (tertiary/aromatic N) is 1. The molecule has 1 aromatic heterocycles. The summed E-state index contributed by atoms with van der Waals surface area (Å²) in [5, 5.41) is 0. The number of oxazole rings is 1. The van der Waals surface area contributed by atoms with Crippen LogP contribution >= 0.6 is 15.9 Å². The maximum atomic E-state index is 5.10. The van der Waals surface area contributed by atoms with Gasteiger partial charge in [0.05, 0.1) is 6.61 Å². The van der Waals surface area contributed by atoms with Crippen LogP contribution in [0, 0.1) is 0 Å². The lowest BCUT2D eigenvalue weighted by Gasteiger charge is -2.01. The van der Waals surface area contributed by atoms with Crippen LogP contribution in [0.4, 0.5) is 0 Å². The zero-order chi connectivity index (χ0) is 11.4. The first-order valence-corrected chi connectivity index (χ1v) is 5.78. The number of rotatable bonds is 4. The van der Waals surface area contributed by atoms with E-state index in [1.807, 2.05) is 12.1 Å². The van der Waals surface area contributed by atoms with Crippen LogP contribution < -0.4 is 0 Å². The maximum absolute atomic E-state index is 5.10. The van der Waals surface area contributed by atoms with Gasteiger partial charge in [-0.15, -0.1) is 0 Å². The van der Waals surface area contributed by atoms with E-state index in [-0.39, 0.29) is 0 Å². The molecule has 0 saturated carbocycles. The smallest absolute Gasteiger partial charge is 0.264 e. The van der Waals surface area contributed by atoms with Gasteiger partial charge in [-0.05, 0) is 12.0 Å². The summed E-state index contributed by atoms with van der Waals surface area (Å²) in [6.07, 6.45) is 2.56. The molecule has 16 heavy (non-hydrogen) atoms. The molecule has 4 heteroatoms. The largest absolute Gasteiger partial charge is 0.439 e. The molecule has 0 atom stereocenters.